The van der Waals surface area contributed by atoms with Crippen LogP contribution in [0.2, 0.25) is 0 Å². The van der Waals surface area contributed by atoms with Gasteiger partial charge in [-0.3, -0.25) is 0 Å². The van der Waals surface area contributed by atoms with Crippen LogP contribution < -0.4 is 0 Å². The first kappa shape index (κ1) is 13.8. The number of nitrogens with zero attached hydrogens (tertiary/aromatic N) is 1. The Bertz CT molecular complexity index is 414. The highest BCUT2D eigenvalue weighted by molar-refractivity contribution is 7.12. The number of hydrogen-bond donors (Lipinski definition) is 0. The van der Waals surface area contributed by atoms with Crippen molar-refractivity contribution in [3.8, 4) is 0 Å². The highest BCUT2D eigenvalue weighted by Crippen LogP contribution is 2.39. The highest BCUT2D eigenvalue weighted by Gasteiger charge is 2.46. The second-order valence-corrected chi connectivity index (χ2v) is 3.85. The fourth-order valence-corrected chi connectivity index (χ4v) is 1.62. The van der Waals surface area contributed by atoms with Gasteiger partial charge in [0.05, 0.1) is 6.61 Å². The number of thiazole rings is 1. The van der Waals surface area contributed by atoms with Gasteiger partial charge in [-0.25, -0.2) is 9.78 Å². The van der Waals surface area contributed by atoms with Gasteiger partial charge in [-0.2, -0.15) is 22.0 Å². The molecule has 1 aromatic heterocycles. The van der Waals surface area contributed by atoms with Crippen molar-refractivity contribution in [3.05, 3.63) is 16.1 Å². The van der Waals surface area contributed by atoms with Gasteiger partial charge in [-0.05, 0) is 6.92 Å². The molecule has 0 aliphatic rings. The van der Waals surface area contributed by atoms with Crippen LogP contribution in [0.25, 0.3) is 0 Å². The van der Waals surface area contributed by atoms with E-state index < -0.39 is 28.0 Å². The summed E-state index contributed by atoms with van der Waals surface area (Å²) in [6.07, 6.45) is -4.49. The van der Waals surface area contributed by atoms with Crippen molar-refractivity contribution in [2.75, 3.05) is 6.61 Å². The molecular formula is C8H6F5NO2S. The van der Waals surface area contributed by atoms with E-state index in [-0.39, 0.29) is 17.9 Å². The van der Waals surface area contributed by atoms with Gasteiger partial charge < -0.3 is 4.74 Å². The van der Waals surface area contributed by atoms with Crippen molar-refractivity contribution in [2.24, 2.45) is 0 Å². The maximum Gasteiger partial charge on any atom is 0.443 e. The van der Waals surface area contributed by atoms with Crippen LogP contribution in [0.3, 0.4) is 0 Å². The van der Waals surface area contributed by atoms with Crippen molar-refractivity contribution >= 4 is 17.3 Å². The van der Waals surface area contributed by atoms with Crippen LogP contribution in [0.5, 0.6) is 0 Å². The first-order valence-corrected chi connectivity index (χ1v) is 5.09. The number of aromatic nitrogens is 1. The SMILES string of the molecule is CCOC(=O)C(F)(F)c1cnc(C(F)(F)F)s1. The first-order chi connectivity index (χ1) is 7.69. The van der Waals surface area contributed by atoms with E-state index in [1.165, 1.54) is 6.92 Å². The summed E-state index contributed by atoms with van der Waals surface area (Å²) in [7, 11) is 0. The summed E-state index contributed by atoms with van der Waals surface area (Å²) in [6.45, 7) is 1.02. The van der Waals surface area contributed by atoms with Crippen molar-refractivity contribution in [1.29, 1.82) is 0 Å². The molecule has 1 rings (SSSR count). The van der Waals surface area contributed by atoms with Gasteiger partial charge in [-0.1, -0.05) is 0 Å². The minimum Gasteiger partial charge on any atom is -0.461 e. The lowest BCUT2D eigenvalue weighted by atomic mass is 10.3. The van der Waals surface area contributed by atoms with E-state index in [1.54, 1.807) is 0 Å². The van der Waals surface area contributed by atoms with Crippen LogP contribution in [-0.2, 0) is 21.6 Å². The van der Waals surface area contributed by atoms with E-state index in [0.717, 1.165) is 0 Å². The van der Waals surface area contributed by atoms with Crippen LogP contribution in [0.15, 0.2) is 6.20 Å². The number of carbonyl (C=O) groups is 1. The first-order valence-electron chi connectivity index (χ1n) is 4.28. The van der Waals surface area contributed by atoms with E-state index in [9.17, 15) is 26.7 Å². The molecule has 0 radical (unpaired) electrons. The summed E-state index contributed by atoms with van der Waals surface area (Å²) >= 11 is -0.286. The smallest absolute Gasteiger partial charge is 0.443 e. The minimum atomic E-state index is -4.81. The van der Waals surface area contributed by atoms with Gasteiger partial charge in [0.1, 0.15) is 4.88 Å². The molecule has 96 valence electrons. The third-order valence-electron chi connectivity index (χ3n) is 1.59. The number of rotatable bonds is 3. The Balaban J connectivity index is 3.00. The number of alkyl halides is 5. The second-order valence-electron chi connectivity index (χ2n) is 2.82. The van der Waals surface area contributed by atoms with Gasteiger partial charge in [0.15, 0.2) is 5.01 Å². The topological polar surface area (TPSA) is 39.2 Å². The fraction of sp³-hybridized carbons (Fsp3) is 0.500. The zero-order valence-corrected chi connectivity index (χ0v) is 9.16. The lowest BCUT2D eigenvalue weighted by molar-refractivity contribution is -0.172. The minimum absolute atomic E-state index is 0.286. The molecular weight excluding hydrogens is 269 g/mol. The Labute approximate surface area is 96.2 Å². The molecule has 3 nitrogen and oxygen atoms in total. The Morgan fingerprint density at radius 2 is 2.00 bits per heavy atom. The number of esters is 1. The van der Waals surface area contributed by atoms with Crippen molar-refractivity contribution in [2.45, 2.75) is 19.0 Å². The average Bonchev–Trinajstić information content (AvgIpc) is 2.66. The quantitative estimate of drug-likeness (QED) is 0.629. The summed E-state index contributed by atoms with van der Waals surface area (Å²) in [5, 5.41) is -1.43. The molecule has 17 heavy (non-hydrogen) atoms. The van der Waals surface area contributed by atoms with Gasteiger partial charge in [0.2, 0.25) is 0 Å². The molecule has 0 atom stereocenters. The van der Waals surface area contributed by atoms with Crippen LogP contribution in [0.1, 0.15) is 16.8 Å². The van der Waals surface area contributed by atoms with Crippen LogP contribution in [0.4, 0.5) is 22.0 Å². The summed E-state index contributed by atoms with van der Waals surface area (Å²) in [6, 6.07) is 0. The molecule has 0 unspecified atom stereocenters. The molecule has 0 bridgehead atoms. The van der Waals surface area contributed by atoms with E-state index in [2.05, 4.69) is 9.72 Å². The van der Waals surface area contributed by atoms with Crippen molar-refractivity contribution < 1.29 is 31.5 Å². The fourth-order valence-electron chi connectivity index (χ4n) is 0.873. The summed E-state index contributed by atoms with van der Waals surface area (Å²) in [5.41, 5.74) is 0. The predicted octanol–water partition coefficient (Wildman–Crippen LogP) is 2.82. The van der Waals surface area contributed by atoms with E-state index in [4.69, 9.17) is 0 Å². The maximum atomic E-state index is 13.3. The van der Waals surface area contributed by atoms with E-state index >= 15 is 0 Å². The van der Waals surface area contributed by atoms with E-state index in [1.807, 2.05) is 0 Å². The largest absolute Gasteiger partial charge is 0.461 e. The second kappa shape index (κ2) is 4.55. The van der Waals surface area contributed by atoms with Crippen LogP contribution >= 0.6 is 11.3 Å². The number of hydrogen-bond acceptors (Lipinski definition) is 4. The van der Waals surface area contributed by atoms with Gasteiger partial charge >= 0.3 is 18.1 Å². The molecule has 0 aliphatic carbocycles. The molecule has 1 aromatic rings. The zero-order valence-electron chi connectivity index (χ0n) is 8.35. The van der Waals surface area contributed by atoms with Gasteiger partial charge in [0, 0.05) is 6.20 Å². The molecule has 9 heteroatoms. The molecule has 0 amide bonds. The summed E-state index contributed by atoms with van der Waals surface area (Å²) in [5.74, 6) is -6.01. The third kappa shape index (κ3) is 2.90. The zero-order chi connectivity index (χ0) is 13.3. The monoisotopic (exact) mass is 275 g/mol. The molecule has 0 aliphatic heterocycles. The number of carbonyl (C=O) groups excluding carboxylic acids is 1. The number of ether oxygens (including phenoxy) is 1. The van der Waals surface area contributed by atoms with Crippen LogP contribution in [0, 0.1) is 0 Å². The molecule has 0 N–H and O–H groups in total. The summed E-state index contributed by atoms with van der Waals surface area (Å²) < 4.78 is 67.0. The summed E-state index contributed by atoms with van der Waals surface area (Å²) in [4.78, 5) is 12.6. The Morgan fingerprint density at radius 3 is 2.41 bits per heavy atom. The molecule has 0 saturated carbocycles. The normalized spacial score (nSPS) is 12.6. The lowest BCUT2D eigenvalue weighted by Crippen LogP contribution is -2.27. The van der Waals surface area contributed by atoms with Crippen molar-refractivity contribution in [1.82, 2.24) is 4.98 Å². The Kier molecular flexibility index (Phi) is 3.70. The Hall–Kier alpha value is -1.25. The average molecular weight is 275 g/mol. The molecule has 0 fully saturated rings. The Morgan fingerprint density at radius 1 is 1.41 bits per heavy atom. The van der Waals surface area contributed by atoms with Crippen molar-refractivity contribution in [3.63, 3.8) is 0 Å². The lowest BCUT2D eigenvalue weighted by Gasteiger charge is -2.11. The van der Waals surface area contributed by atoms with E-state index in [0.29, 0.717) is 6.20 Å². The number of halogens is 5. The third-order valence-corrected chi connectivity index (χ3v) is 2.70. The highest BCUT2D eigenvalue weighted by atomic mass is 32.1. The van der Waals surface area contributed by atoms with Gasteiger partial charge in [-0.15, -0.1) is 11.3 Å². The maximum absolute atomic E-state index is 13.3. The molecule has 0 saturated heterocycles. The van der Waals surface area contributed by atoms with Gasteiger partial charge in [0.25, 0.3) is 0 Å². The predicted molar refractivity (Wildman–Crippen MR) is 47.6 cm³/mol. The molecule has 1 heterocycles. The standard InChI is InChI=1S/C8H6F5NO2S/c1-2-16-6(15)7(9,10)4-3-14-5(17-4)8(11,12)13/h3H,2H2,1H3. The molecule has 0 aromatic carbocycles. The molecule has 0 spiro atoms. The van der Waals surface area contributed by atoms with Crippen LogP contribution in [-0.4, -0.2) is 17.6 Å².